The monoisotopic (exact) mass is 395 g/mol. The minimum Gasteiger partial charge on any atom is -0.496 e. The molecule has 148 valence electrons. The van der Waals surface area contributed by atoms with Crippen molar-refractivity contribution in [2.75, 3.05) is 27.9 Å². The maximum Gasteiger partial charge on any atom is 0.240 e. The summed E-state index contributed by atoms with van der Waals surface area (Å²) in [5.41, 5.74) is 1.95. The second-order valence-electron chi connectivity index (χ2n) is 6.07. The quantitative estimate of drug-likeness (QED) is 0.713. The maximum absolute atomic E-state index is 12.6. The maximum atomic E-state index is 12.6. The van der Waals surface area contributed by atoms with E-state index in [2.05, 4.69) is 4.72 Å². The van der Waals surface area contributed by atoms with Crippen LogP contribution in [-0.2, 0) is 10.0 Å². The lowest BCUT2D eigenvalue weighted by Crippen LogP contribution is -2.28. The topological polar surface area (TPSA) is 94.1 Å². The molecule has 0 amide bonds. The number of sulfonamides is 1. The number of rotatable bonds is 8. The molecule has 0 spiro atoms. The number of aliphatic hydroxyl groups excluding tert-OH is 1. The second-order valence-corrected chi connectivity index (χ2v) is 7.84. The van der Waals surface area contributed by atoms with Crippen molar-refractivity contribution in [3.63, 3.8) is 0 Å². The van der Waals surface area contributed by atoms with Crippen LogP contribution < -0.4 is 18.9 Å². The average Bonchev–Trinajstić information content (AvgIpc) is 2.65. The summed E-state index contributed by atoms with van der Waals surface area (Å²) in [6.45, 7) is 3.38. The first-order valence-corrected chi connectivity index (χ1v) is 9.76. The van der Waals surface area contributed by atoms with Crippen molar-refractivity contribution in [2.24, 2.45) is 0 Å². The Kier molecular flexibility index (Phi) is 6.69. The highest BCUT2D eigenvalue weighted by molar-refractivity contribution is 7.89. The van der Waals surface area contributed by atoms with Crippen LogP contribution in [0.2, 0.25) is 0 Å². The van der Waals surface area contributed by atoms with E-state index in [-0.39, 0.29) is 11.4 Å². The number of benzene rings is 2. The van der Waals surface area contributed by atoms with Crippen molar-refractivity contribution >= 4 is 10.0 Å². The van der Waals surface area contributed by atoms with Gasteiger partial charge in [0.05, 0.1) is 32.3 Å². The van der Waals surface area contributed by atoms with Crippen molar-refractivity contribution in [2.45, 2.75) is 24.8 Å². The normalized spacial score (nSPS) is 12.5. The predicted molar refractivity (Wildman–Crippen MR) is 102 cm³/mol. The third-order valence-corrected chi connectivity index (χ3v) is 5.61. The number of aryl methyl sites for hydroxylation is 2. The van der Waals surface area contributed by atoms with E-state index >= 15 is 0 Å². The molecule has 1 unspecified atom stereocenters. The van der Waals surface area contributed by atoms with Crippen LogP contribution in [0.4, 0.5) is 0 Å². The van der Waals surface area contributed by atoms with Gasteiger partial charge in [-0.05, 0) is 54.8 Å². The van der Waals surface area contributed by atoms with Gasteiger partial charge in [-0.15, -0.1) is 0 Å². The number of ether oxygens (including phenoxy) is 3. The standard InChI is InChI=1S/C19H25NO6S/c1-12-8-15(9-13(2)19(12)26-5)27(22,23)20-11-16(21)14-6-7-17(24-3)18(10-14)25-4/h6-10,16,20-21H,11H2,1-5H3. The molecule has 0 heterocycles. The van der Waals surface area contributed by atoms with Gasteiger partial charge < -0.3 is 19.3 Å². The van der Waals surface area contributed by atoms with Crippen LogP contribution in [-0.4, -0.2) is 41.4 Å². The van der Waals surface area contributed by atoms with Crippen molar-refractivity contribution in [3.05, 3.63) is 47.0 Å². The lowest BCUT2D eigenvalue weighted by atomic mass is 10.1. The van der Waals surface area contributed by atoms with E-state index in [1.54, 1.807) is 39.2 Å². The van der Waals surface area contributed by atoms with Crippen LogP contribution in [0.25, 0.3) is 0 Å². The largest absolute Gasteiger partial charge is 0.496 e. The fourth-order valence-electron chi connectivity index (χ4n) is 2.84. The second kappa shape index (κ2) is 8.60. The fraction of sp³-hybridized carbons (Fsp3) is 0.368. The van der Waals surface area contributed by atoms with Crippen molar-refractivity contribution in [1.82, 2.24) is 4.72 Å². The van der Waals surface area contributed by atoms with Gasteiger partial charge in [0, 0.05) is 6.54 Å². The van der Waals surface area contributed by atoms with Crippen molar-refractivity contribution in [1.29, 1.82) is 0 Å². The van der Waals surface area contributed by atoms with Crippen LogP contribution in [0, 0.1) is 13.8 Å². The molecular formula is C19H25NO6S. The highest BCUT2D eigenvalue weighted by Gasteiger charge is 2.20. The minimum absolute atomic E-state index is 0.123. The van der Waals surface area contributed by atoms with Gasteiger partial charge in [-0.3, -0.25) is 0 Å². The molecule has 2 rings (SSSR count). The molecule has 0 bridgehead atoms. The number of hydrogen-bond donors (Lipinski definition) is 2. The minimum atomic E-state index is -3.78. The molecule has 0 saturated heterocycles. The van der Waals surface area contributed by atoms with Crippen LogP contribution >= 0.6 is 0 Å². The summed E-state index contributed by atoms with van der Waals surface area (Å²) in [6.07, 6.45) is -1.04. The summed E-state index contributed by atoms with van der Waals surface area (Å²) in [4.78, 5) is 0.123. The summed E-state index contributed by atoms with van der Waals surface area (Å²) in [5, 5.41) is 10.4. The van der Waals surface area contributed by atoms with E-state index in [0.717, 1.165) is 11.1 Å². The molecule has 0 aliphatic carbocycles. The van der Waals surface area contributed by atoms with Gasteiger partial charge in [-0.25, -0.2) is 13.1 Å². The highest BCUT2D eigenvalue weighted by Crippen LogP contribution is 2.30. The van der Waals surface area contributed by atoms with Crippen molar-refractivity contribution in [3.8, 4) is 17.2 Å². The predicted octanol–water partition coefficient (Wildman–Crippen LogP) is 2.34. The number of nitrogens with one attached hydrogen (secondary N) is 1. The molecule has 1 atom stereocenters. The summed E-state index contributed by atoms with van der Waals surface area (Å²) in [5.74, 6) is 1.64. The van der Waals surface area contributed by atoms with Gasteiger partial charge in [0.2, 0.25) is 10.0 Å². The summed E-state index contributed by atoms with van der Waals surface area (Å²) in [6, 6.07) is 8.00. The lowest BCUT2D eigenvalue weighted by Gasteiger charge is -2.16. The third kappa shape index (κ3) is 4.71. The van der Waals surface area contributed by atoms with Gasteiger partial charge in [0.15, 0.2) is 11.5 Å². The van der Waals surface area contributed by atoms with E-state index in [9.17, 15) is 13.5 Å². The lowest BCUT2D eigenvalue weighted by molar-refractivity contribution is 0.181. The molecule has 0 aliphatic rings. The molecule has 2 N–H and O–H groups in total. The van der Waals surface area contributed by atoms with Crippen LogP contribution in [0.15, 0.2) is 35.2 Å². The van der Waals surface area contributed by atoms with Gasteiger partial charge in [0.1, 0.15) is 5.75 Å². The first-order valence-electron chi connectivity index (χ1n) is 8.28. The molecule has 8 heteroatoms. The number of aliphatic hydroxyl groups is 1. The van der Waals surface area contributed by atoms with Gasteiger partial charge in [-0.1, -0.05) is 6.07 Å². The smallest absolute Gasteiger partial charge is 0.240 e. The van der Waals surface area contributed by atoms with Gasteiger partial charge >= 0.3 is 0 Å². The summed E-state index contributed by atoms with van der Waals surface area (Å²) >= 11 is 0. The molecule has 27 heavy (non-hydrogen) atoms. The SMILES string of the molecule is COc1ccc(C(O)CNS(=O)(=O)c2cc(C)c(OC)c(C)c2)cc1OC. The Hall–Kier alpha value is -2.29. The van der Waals surface area contributed by atoms with Gasteiger partial charge in [0.25, 0.3) is 0 Å². The van der Waals surface area contributed by atoms with E-state index < -0.39 is 16.1 Å². The zero-order chi connectivity index (χ0) is 20.2. The van der Waals surface area contributed by atoms with E-state index in [0.29, 0.717) is 22.8 Å². The molecule has 0 saturated carbocycles. The van der Waals surface area contributed by atoms with E-state index in [1.165, 1.54) is 26.4 Å². The Balaban J connectivity index is 2.17. The van der Waals surface area contributed by atoms with Crippen LogP contribution in [0.1, 0.15) is 22.8 Å². The Labute approximate surface area is 159 Å². The van der Waals surface area contributed by atoms with Crippen LogP contribution in [0.3, 0.4) is 0 Å². The van der Waals surface area contributed by atoms with E-state index in [1.807, 2.05) is 0 Å². The Morgan fingerprint density at radius 2 is 1.56 bits per heavy atom. The fourth-order valence-corrected chi connectivity index (χ4v) is 4.05. The first-order chi connectivity index (χ1) is 12.7. The number of methoxy groups -OCH3 is 3. The number of hydrogen-bond acceptors (Lipinski definition) is 6. The summed E-state index contributed by atoms with van der Waals surface area (Å²) < 4.78 is 43.2. The van der Waals surface area contributed by atoms with Gasteiger partial charge in [-0.2, -0.15) is 0 Å². The third-order valence-electron chi connectivity index (χ3n) is 4.21. The molecule has 2 aromatic carbocycles. The highest BCUT2D eigenvalue weighted by atomic mass is 32.2. The molecule has 0 radical (unpaired) electrons. The zero-order valence-electron chi connectivity index (χ0n) is 16.1. The molecule has 7 nitrogen and oxygen atoms in total. The molecule has 0 aromatic heterocycles. The first kappa shape index (κ1) is 21.0. The molecule has 0 aliphatic heterocycles. The summed E-state index contributed by atoms with van der Waals surface area (Å²) in [7, 11) is 0.766. The molecular weight excluding hydrogens is 370 g/mol. The Morgan fingerprint density at radius 3 is 2.07 bits per heavy atom. The zero-order valence-corrected chi connectivity index (χ0v) is 16.9. The average molecular weight is 395 g/mol. The molecule has 2 aromatic rings. The van der Waals surface area contributed by atoms with E-state index in [4.69, 9.17) is 14.2 Å². The Morgan fingerprint density at radius 1 is 0.963 bits per heavy atom. The molecule has 0 fully saturated rings. The van der Waals surface area contributed by atoms with Crippen LogP contribution in [0.5, 0.6) is 17.2 Å². The van der Waals surface area contributed by atoms with Crippen molar-refractivity contribution < 1.29 is 27.7 Å². The Bertz CT molecular complexity index is 887.